The van der Waals surface area contributed by atoms with Crippen molar-refractivity contribution in [2.45, 2.75) is 57.4 Å². The van der Waals surface area contributed by atoms with Crippen molar-refractivity contribution in [1.82, 2.24) is 10.1 Å². The van der Waals surface area contributed by atoms with Crippen LogP contribution in [0, 0.1) is 0 Å². The zero-order valence-corrected chi connectivity index (χ0v) is 9.28. The Kier molecular flexibility index (Phi) is 3.36. The van der Waals surface area contributed by atoms with Crippen LogP contribution in [-0.2, 0) is 6.42 Å². The van der Waals surface area contributed by atoms with Gasteiger partial charge in [-0.15, -0.1) is 0 Å². The van der Waals surface area contributed by atoms with Crippen molar-refractivity contribution in [3.8, 4) is 0 Å². The van der Waals surface area contributed by atoms with Crippen LogP contribution in [0.3, 0.4) is 0 Å². The zero-order valence-electron chi connectivity index (χ0n) is 9.28. The molecular formula is C11H19N3O. The van der Waals surface area contributed by atoms with E-state index in [-0.39, 0.29) is 6.04 Å². The molecule has 1 aliphatic rings. The summed E-state index contributed by atoms with van der Waals surface area (Å²) in [7, 11) is 0. The van der Waals surface area contributed by atoms with Crippen molar-refractivity contribution in [3.05, 3.63) is 11.7 Å². The third-order valence-corrected chi connectivity index (χ3v) is 3.02. The highest BCUT2D eigenvalue weighted by molar-refractivity contribution is 4.97. The van der Waals surface area contributed by atoms with Gasteiger partial charge in [-0.2, -0.15) is 4.98 Å². The van der Waals surface area contributed by atoms with E-state index in [0.717, 1.165) is 24.6 Å². The molecule has 1 atom stereocenters. The number of hydrogen-bond donors (Lipinski definition) is 1. The van der Waals surface area contributed by atoms with E-state index >= 15 is 0 Å². The van der Waals surface area contributed by atoms with E-state index in [2.05, 4.69) is 10.1 Å². The highest BCUT2D eigenvalue weighted by Crippen LogP contribution is 2.32. The monoisotopic (exact) mass is 209 g/mol. The molecule has 1 saturated carbocycles. The van der Waals surface area contributed by atoms with Gasteiger partial charge in [0.25, 0.3) is 0 Å². The van der Waals surface area contributed by atoms with Gasteiger partial charge in [0, 0.05) is 18.4 Å². The van der Waals surface area contributed by atoms with Crippen LogP contribution in [0.5, 0.6) is 0 Å². The average Bonchev–Trinajstić information content (AvgIpc) is 2.85. The lowest BCUT2D eigenvalue weighted by Crippen LogP contribution is -2.15. The molecule has 0 aromatic carbocycles. The first kappa shape index (κ1) is 10.6. The van der Waals surface area contributed by atoms with Gasteiger partial charge >= 0.3 is 0 Å². The molecule has 2 N–H and O–H groups in total. The normalized spacial score (nSPS) is 19.6. The van der Waals surface area contributed by atoms with Gasteiger partial charge in [-0.25, -0.2) is 0 Å². The van der Waals surface area contributed by atoms with E-state index in [0.29, 0.717) is 5.92 Å². The largest absolute Gasteiger partial charge is 0.339 e. The lowest BCUT2D eigenvalue weighted by molar-refractivity contribution is 0.364. The molecule has 1 aliphatic carbocycles. The summed E-state index contributed by atoms with van der Waals surface area (Å²) in [5, 5.41) is 4.05. The highest BCUT2D eigenvalue weighted by Gasteiger charge is 2.22. The SMILES string of the molecule is CC(N)CCc1nc(C2CCCC2)no1. The Bertz CT molecular complexity index is 303. The molecule has 1 heterocycles. The fourth-order valence-electron chi connectivity index (χ4n) is 2.07. The second-order valence-electron chi connectivity index (χ2n) is 4.54. The third kappa shape index (κ3) is 2.78. The molecule has 2 rings (SSSR count). The molecule has 0 radical (unpaired) electrons. The number of aromatic nitrogens is 2. The minimum absolute atomic E-state index is 0.201. The number of hydrogen-bond acceptors (Lipinski definition) is 4. The lowest BCUT2D eigenvalue weighted by atomic mass is 10.1. The molecule has 1 aromatic heterocycles. The van der Waals surface area contributed by atoms with Crippen LogP contribution >= 0.6 is 0 Å². The molecule has 15 heavy (non-hydrogen) atoms. The molecule has 4 heteroatoms. The molecular weight excluding hydrogens is 190 g/mol. The Hall–Kier alpha value is -0.900. The van der Waals surface area contributed by atoms with Gasteiger partial charge in [0.15, 0.2) is 5.82 Å². The number of nitrogens with zero attached hydrogens (tertiary/aromatic N) is 2. The molecule has 4 nitrogen and oxygen atoms in total. The summed E-state index contributed by atoms with van der Waals surface area (Å²) < 4.78 is 5.21. The summed E-state index contributed by atoms with van der Waals surface area (Å²) in [5.41, 5.74) is 5.68. The quantitative estimate of drug-likeness (QED) is 0.823. The first-order valence-corrected chi connectivity index (χ1v) is 5.84. The van der Waals surface area contributed by atoms with Crippen molar-refractivity contribution in [2.75, 3.05) is 0 Å². The van der Waals surface area contributed by atoms with Crippen molar-refractivity contribution < 1.29 is 4.52 Å². The van der Waals surface area contributed by atoms with E-state index in [4.69, 9.17) is 10.3 Å². The van der Waals surface area contributed by atoms with Gasteiger partial charge in [-0.1, -0.05) is 18.0 Å². The minimum atomic E-state index is 0.201. The molecule has 0 amide bonds. The third-order valence-electron chi connectivity index (χ3n) is 3.02. The van der Waals surface area contributed by atoms with Crippen molar-refractivity contribution in [3.63, 3.8) is 0 Å². The number of aryl methyl sites for hydroxylation is 1. The predicted octanol–water partition coefficient (Wildman–Crippen LogP) is 2.01. The first-order chi connectivity index (χ1) is 7.25. The maximum Gasteiger partial charge on any atom is 0.226 e. The molecule has 1 aromatic rings. The summed E-state index contributed by atoms with van der Waals surface area (Å²) in [6.07, 6.45) is 6.74. The van der Waals surface area contributed by atoms with Crippen LogP contribution in [0.4, 0.5) is 0 Å². The maximum atomic E-state index is 5.68. The minimum Gasteiger partial charge on any atom is -0.339 e. The molecule has 0 aliphatic heterocycles. The summed E-state index contributed by atoms with van der Waals surface area (Å²) in [6, 6.07) is 0.201. The summed E-state index contributed by atoms with van der Waals surface area (Å²) >= 11 is 0. The second kappa shape index (κ2) is 4.75. The molecule has 0 saturated heterocycles. The van der Waals surface area contributed by atoms with E-state index in [1.165, 1.54) is 25.7 Å². The van der Waals surface area contributed by atoms with Crippen molar-refractivity contribution in [2.24, 2.45) is 5.73 Å². The van der Waals surface area contributed by atoms with Crippen molar-refractivity contribution in [1.29, 1.82) is 0 Å². The fraction of sp³-hybridized carbons (Fsp3) is 0.818. The molecule has 0 spiro atoms. The van der Waals surface area contributed by atoms with Crippen LogP contribution in [0.2, 0.25) is 0 Å². The molecule has 0 bridgehead atoms. The smallest absolute Gasteiger partial charge is 0.226 e. The first-order valence-electron chi connectivity index (χ1n) is 5.84. The van der Waals surface area contributed by atoms with E-state index < -0.39 is 0 Å². The second-order valence-corrected chi connectivity index (χ2v) is 4.54. The van der Waals surface area contributed by atoms with Gasteiger partial charge in [0.05, 0.1) is 0 Å². The average molecular weight is 209 g/mol. The van der Waals surface area contributed by atoms with E-state index in [9.17, 15) is 0 Å². The van der Waals surface area contributed by atoms with Gasteiger partial charge in [-0.3, -0.25) is 0 Å². The molecule has 1 fully saturated rings. The van der Waals surface area contributed by atoms with Crippen LogP contribution in [-0.4, -0.2) is 16.2 Å². The van der Waals surface area contributed by atoms with Gasteiger partial charge in [-0.05, 0) is 26.2 Å². The Balaban J connectivity index is 1.91. The molecule has 1 unspecified atom stereocenters. The maximum absolute atomic E-state index is 5.68. The van der Waals surface area contributed by atoms with E-state index in [1.807, 2.05) is 6.92 Å². The Morgan fingerprint density at radius 3 is 2.87 bits per heavy atom. The standard InChI is InChI=1S/C11H19N3O/c1-8(12)6-7-10-13-11(14-15-10)9-4-2-3-5-9/h8-9H,2-7,12H2,1H3. The predicted molar refractivity (Wildman–Crippen MR) is 57.5 cm³/mol. The van der Waals surface area contributed by atoms with E-state index in [1.54, 1.807) is 0 Å². The zero-order chi connectivity index (χ0) is 10.7. The van der Waals surface area contributed by atoms with Gasteiger partial charge in [0.1, 0.15) is 0 Å². The Morgan fingerprint density at radius 1 is 1.47 bits per heavy atom. The summed E-state index contributed by atoms with van der Waals surface area (Å²) in [6.45, 7) is 1.99. The Labute approximate surface area is 90.2 Å². The van der Waals surface area contributed by atoms with Crippen LogP contribution in [0.25, 0.3) is 0 Å². The fourth-order valence-corrected chi connectivity index (χ4v) is 2.07. The Morgan fingerprint density at radius 2 is 2.20 bits per heavy atom. The number of nitrogens with two attached hydrogens (primary N) is 1. The summed E-state index contributed by atoms with van der Waals surface area (Å²) in [4.78, 5) is 4.43. The van der Waals surface area contributed by atoms with Gasteiger partial charge < -0.3 is 10.3 Å². The van der Waals surface area contributed by atoms with Crippen LogP contribution < -0.4 is 5.73 Å². The summed E-state index contributed by atoms with van der Waals surface area (Å²) in [5.74, 6) is 2.19. The van der Waals surface area contributed by atoms with Gasteiger partial charge in [0.2, 0.25) is 5.89 Å². The topological polar surface area (TPSA) is 64.9 Å². The van der Waals surface area contributed by atoms with Crippen molar-refractivity contribution >= 4 is 0 Å². The van der Waals surface area contributed by atoms with Crippen LogP contribution in [0.15, 0.2) is 4.52 Å². The lowest BCUT2D eigenvalue weighted by Gasteiger charge is -2.00. The molecule has 84 valence electrons. The number of rotatable bonds is 4. The van der Waals surface area contributed by atoms with Crippen LogP contribution in [0.1, 0.15) is 56.7 Å². The highest BCUT2D eigenvalue weighted by atomic mass is 16.5.